The van der Waals surface area contributed by atoms with Crippen LogP contribution in [-0.2, 0) is 0 Å². The van der Waals surface area contributed by atoms with Gasteiger partial charge in [-0.2, -0.15) is 5.10 Å². The Balaban J connectivity index is 1.98. The third-order valence-corrected chi connectivity index (χ3v) is 4.23. The van der Waals surface area contributed by atoms with E-state index in [1.54, 1.807) is 7.11 Å². The minimum Gasteiger partial charge on any atom is -0.497 e. The molecule has 5 nitrogen and oxygen atoms in total. The van der Waals surface area contributed by atoms with Crippen LogP contribution < -0.4 is 15.5 Å². The molecule has 24 heavy (non-hydrogen) atoms. The SMILES string of the molecule is COc1cc(N2CCC(N)=N2)c2nccc(-c3ccccc3)c2c1. The second-order valence-corrected chi connectivity index (χ2v) is 5.73. The summed E-state index contributed by atoms with van der Waals surface area (Å²) in [7, 11) is 1.67. The summed E-state index contributed by atoms with van der Waals surface area (Å²) in [5.41, 5.74) is 9.94. The zero-order valence-corrected chi connectivity index (χ0v) is 13.4. The van der Waals surface area contributed by atoms with E-state index in [-0.39, 0.29) is 0 Å². The average Bonchev–Trinajstić information content (AvgIpc) is 3.07. The molecule has 3 aromatic rings. The normalized spacial score (nSPS) is 14.0. The van der Waals surface area contributed by atoms with Crippen LogP contribution in [0.25, 0.3) is 22.0 Å². The summed E-state index contributed by atoms with van der Waals surface area (Å²) in [4.78, 5) is 4.61. The lowest BCUT2D eigenvalue weighted by Gasteiger charge is -2.18. The van der Waals surface area contributed by atoms with Crippen molar-refractivity contribution in [2.24, 2.45) is 10.8 Å². The molecule has 2 heterocycles. The largest absolute Gasteiger partial charge is 0.497 e. The highest BCUT2D eigenvalue weighted by atomic mass is 16.5. The summed E-state index contributed by atoms with van der Waals surface area (Å²) in [6.07, 6.45) is 2.60. The van der Waals surface area contributed by atoms with E-state index in [4.69, 9.17) is 10.5 Å². The zero-order valence-electron chi connectivity index (χ0n) is 13.4. The first-order valence-corrected chi connectivity index (χ1v) is 7.89. The number of pyridine rings is 1. The Morgan fingerprint density at radius 1 is 1.12 bits per heavy atom. The molecule has 0 fully saturated rings. The molecular weight excluding hydrogens is 300 g/mol. The van der Waals surface area contributed by atoms with Gasteiger partial charge in [0, 0.05) is 30.6 Å². The van der Waals surface area contributed by atoms with Crippen LogP contribution in [-0.4, -0.2) is 24.5 Å². The lowest BCUT2D eigenvalue weighted by Crippen LogP contribution is -2.13. The van der Waals surface area contributed by atoms with Crippen molar-refractivity contribution >= 4 is 22.4 Å². The van der Waals surface area contributed by atoms with Gasteiger partial charge in [0.2, 0.25) is 0 Å². The van der Waals surface area contributed by atoms with Crippen LogP contribution >= 0.6 is 0 Å². The van der Waals surface area contributed by atoms with Gasteiger partial charge in [-0.05, 0) is 23.3 Å². The standard InChI is InChI=1S/C19H18N4O/c1-24-14-11-16-15(13-5-3-2-4-6-13)7-9-21-19(16)17(12-14)23-10-8-18(20)22-23/h2-7,9,11-12H,8,10H2,1H3,(H2,20,22). The maximum Gasteiger partial charge on any atom is 0.122 e. The van der Waals surface area contributed by atoms with E-state index < -0.39 is 0 Å². The molecule has 1 aromatic heterocycles. The molecular formula is C19H18N4O. The molecule has 0 bridgehead atoms. The van der Waals surface area contributed by atoms with Gasteiger partial charge in [-0.15, -0.1) is 0 Å². The summed E-state index contributed by atoms with van der Waals surface area (Å²) < 4.78 is 5.51. The van der Waals surface area contributed by atoms with Gasteiger partial charge in [0.05, 0.1) is 18.3 Å². The smallest absolute Gasteiger partial charge is 0.122 e. The Bertz CT molecular complexity index is 921. The van der Waals surface area contributed by atoms with Crippen molar-refractivity contribution in [1.29, 1.82) is 0 Å². The molecule has 0 amide bonds. The fraction of sp³-hybridized carbons (Fsp3) is 0.158. The number of fused-ring (bicyclic) bond motifs is 1. The summed E-state index contributed by atoms with van der Waals surface area (Å²) in [5, 5.41) is 7.36. The summed E-state index contributed by atoms with van der Waals surface area (Å²) in [5.74, 6) is 1.42. The van der Waals surface area contributed by atoms with Crippen LogP contribution in [0.5, 0.6) is 5.75 Å². The minimum atomic E-state index is 0.644. The number of hydrogen-bond donors (Lipinski definition) is 1. The fourth-order valence-corrected chi connectivity index (χ4v) is 3.04. The van der Waals surface area contributed by atoms with E-state index in [0.29, 0.717) is 5.84 Å². The number of anilines is 1. The molecule has 0 aliphatic carbocycles. The molecule has 0 unspecified atom stereocenters. The second kappa shape index (κ2) is 5.85. The number of hydrogen-bond acceptors (Lipinski definition) is 5. The molecule has 0 saturated heterocycles. The predicted octanol–water partition coefficient (Wildman–Crippen LogP) is 3.39. The number of hydrazone groups is 1. The number of amidine groups is 1. The molecule has 120 valence electrons. The maximum absolute atomic E-state index is 5.85. The molecule has 2 N–H and O–H groups in total. The Morgan fingerprint density at radius 2 is 1.96 bits per heavy atom. The van der Waals surface area contributed by atoms with Gasteiger partial charge in [-0.3, -0.25) is 9.99 Å². The van der Waals surface area contributed by atoms with E-state index in [9.17, 15) is 0 Å². The number of ether oxygens (including phenoxy) is 1. The molecule has 1 aliphatic heterocycles. The minimum absolute atomic E-state index is 0.644. The topological polar surface area (TPSA) is 63.7 Å². The van der Waals surface area contributed by atoms with Crippen molar-refractivity contribution in [2.45, 2.75) is 6.42 Å². The monoisotopic (exact) mass is 318 g/mol. The van der Waals surface area contributed by atoms with Crippen LogP contribution in [0.2, 0.25) is 0 Å². The second-order valence-electron chi connectivity index (χ2n) is 5.73. The molecule has 1 aliphatic rings. The first-order valence-electron chi connectivity index (χ1n) is 7.89. The van der Waals surface area contributed by atoms with Crippen molar-refractivity contribution in [1.82, 2.24) is 4.98 Å². The van der Waals surface area contributed by atoms with Crippen LogP contribution in [0.1, 0.15) is 6.42 Å². The van der Waals surface area contributed by atoms with E-state index in [2.05, 4.69) is 22.2 Å². The van der Waals surface area contributed by atoms with E-state index in [1.807, 2.05) is 47.6 Å². The van der Waals surface area contributed by atoms with Gasteiger partial charge >= 0.3 is 0 Å². The van der Waals surface area contributed by atoms with Crippen molar-refractivity contribution in [3.8, 4) is 16.9 Å². The van der Waals surface area contributed by atoms with Crippen molar-refractivity contribution in [2.75, 3.05) is 18.7 Å². The van der Waals surface area contributed by atoms with Crippen molar-refractivity contribution in [3.63, 3.8) is 0 Å². The number of nitrogens with zero attached hydrogens (tertiary/aromatic N) is 3. The Morgan fingerprint density at radius 3 is 2.67 bits per heavy atom. The van der Waals surface area contributed by atoms with Crippen LogP contribution in [0.15, 0.2) is 59.8 Å². The van der Waals surface area contributed by atoms with Gasteiger partial charge in [0.15, 0.2) is 0 Å². The molecule has 2 aromatic carbocycles. The zero-order chi connectivity index (χ0) is 16.5. The van der Waals surface area contributed by atoms with E-state index in [1.165, 1.54) is 0 Å². The Kier molecular flexibility index (Phi) is 3.54. The molecule has 0 spiro atoms. The van der Waals surface area contributed by atoms with Gasteiger partial charge in [-0.25, -0.2) is 0 Å². The third-order valence-electron chi connectivity index (χ3n) is 4.23. The van der Waals surface area contributed by atoms with Gasteiger partial charge in [0.1, 0.15) is 11.6 Å². The van der Waals surface area contributed by atoms with Crippen LogP contribution in [0, 0.1) is 0 Å². The van der Waals surface area contributed by atoms with Gasteiger partial charge in [0.25, 0.3) is 0 Å². The van der Waals surface area contributed by atoms with Crippen LogP contribution in [0.3, 0.4) is 0 Å². The predicted molar refractivity (Wildman–Crippen MR) is 97.3 cm³/mol. The van der Waals surface area contributed by atoms with E-state index >= 15 is 0 Å². The van der Waals surface area contributed by atoms with Crippen molar-refractivity contribution < 1.29 is 4.74 Å². The summed E-state index contributed by atoms with van der Waals surface area (Å²) in [6, 6.07) is 16.3. The van der Waals surface area contributed by atoms with Crippen molar-refractivity contribution in [3.05, 3.63) is 54.7 Å². The van der Waals surface area contributed by atoms with Gasteiger partial charge in [-0.1, -0.05) is 30.3 Å². The summed E-state index contributed by atoms with van der Waals surface area (Å²) >= 11 is 0. The molecule has 5 heteroatoms. The van der Waals surface area contributed by atoms with Gasteiger partial charge < -0.3 is 10.5 Å². The first kappa shape index (κ1) is 14.5. The highest BCUT2D eigenvalue weighted by Crippen LogP contribution is 2.37. The lowest BCUT2D eigenvalue weighted by molar-refractivity contribution is 0.415. The highest BCUT2D eigenvalue weighted by molar-refractivity contribution is 6.02. The molecule has 4 rings (SSSR count). The van der Waals surface area contributed by atoms with Crippen LogP contribution in [0.4, 0.5) is 5.69 Å². The first-order chi connectivity index (χ1) is 11.8. The average molecular weight is 318 g/mol. The molecule has 0 radical (unpaired) electrons. The lowest BCUT2D eigenvalue weighted by atomic mass is 10.0. The number of nitrogens with two attached hydrogens (primary N) is 1. The summed E-state index contributed by atoms with van der Waals surface area (Å²) in [6.45, 7) is 0.755. The fourth-order valence-electron chi connectivity index (χ4n) is 3.04. The molecule has 0 saturated carbocycles. The Labute approximate surface area is 140 Å². The number of benzene rings is 2. The highest BCUT2D eigenvalue weighted by Gasteiger charge is 2.19. The quantitative estimate of drug-likeness (QED) is 0.804. The number of rotatable bonds is 3. The Hall–Kier alpha value is -3.08. The number of aromatic nitrogens is 1. The maximum atomic E-state index is 5.85. The number of methoxy groups -OCH3 is 1. The molecule has 0 atom stereocenters. The third kappa shape index (κ3) is 2.44. The van der Waals surface area contributed by atoms with E-state index in [0.717, 1.165) is 46.4 Å².